The molecule has 21 heavy (non-hydrogen) atoms. The van der Waals surface area contributed by atoms with Crippen molar-refractivity contribution in [3.63, 3.8) is 0 Å². The number of hydrogen-bond acceptors (Lipinski definition) is 6. The molecule has 0 atom stereocenters. The first-order valence-electron chi connectivity index (χ1n) is 6.17. The molecule has 0 amide bonds. The third kappa shape index (κ3) is 3.80. The van der Waals surface area contributed by atoms with Gasteiger partial charge in [0, 0.05) is 12.1 Å². The summed E-state index contributed by atoms with van der Waals surface area (Å²) in [7, 11) is 2.48. The molecular formula is C13H17FN2O5. The molecule has 0 aliphatic rings. The monoisotopic (exact) mass is 300 g/mol. The highest BCUT2D eigenvalue weighted by Crippen LogP contribution is 2.34. The molecule has 1 aromatic rings. The van der Waals surface area contributed by atoms with Crippen LogP contribution in [0.15, 0.2) is 12.1 Å². The van der Waals surface area contributed by atoms with Crippen LogP contribution < -0.4 is 9.64 Å². The topological polar surface area (TPSA) is 81.9 Å². The molecule has 7 nitrogen and oxygen atoms in total. The molecule has 0 radical (unpaired) electrons. The lowest BCUT2D eigenvalue weighted by molar-refractivity contribution is -0.385. The van der Waals surface area contributed by atoms with E-state index >= 15 is 0 Å². The second kappa shape index (κ2) is 6.87. The average Bonchev–Trinajstić information content (AvgIpc) is 2.44. The normalized spacial score (nSPS) is 10.4. The van der Waals surface area contributed by atoms with Gasteiger partial charge in [-0.1, -0.05) is 0 Å². The number of nitro benzene ring substituents is 1. The van der Waals surface area contributed by atoms with Crippen LogP contribution in [0.4, 0.5) is 15.8 Å². The summed E-state index contributed by atoms with van der Waals surface area (Å²) >= 11 is 0. The van der Waals surface area contributed by atoms with E-state index in [4.69, 9.17) is 4.74 Å². The first-order chi connectivity index (χ1) is 9.81. The van der Waals surface area contributed by atoms with Crippen LogP contribution in [0, 0.1) is 15.9 Å². The summed E-state index contributed by atoms with van der Waals surface area (Å²) in [5.41, 5.74) is -0.432. The van der Waals surface area contributed by atoms with E-state index in [1.54, 1.807) is 13.8 Å². The van der Waals surface area contributed by atoms with Gasteiger partial charge in [0.15, 0.2) is 11.6 Å². The molecule has 0 fully saturated rings. The van der Waals surface area contributed by atoms with Crippen molar-refractivity contribution in [2.75, 3.05) is 25.7 Å². The first-order valence-corrected chi connectivity index (χ1v) is 6.17. The van der Waals surface area contributed by atoms with Gasteiger partial charge in [0.2, 0.25) is 0 Å². The maximum atomic E-state index is 14.1. The third-order valence-electron chi connectivity index (χ3n) is 2.90. The average molecular weight is 300 g/mol. The van der Waals surface area contributed by atoms with Crippen molar-refractivity contribution < 1.29 is 23.6 Å². The summed E-state index contributed by atoms with van der Waals surface area (Å²) in [5.74, 6) is -1.42. The van der Waals surface area contributed by atoms with Crippen molar-refractivity contribution in [1.29, 1.82) is 0 Å². The summed E-state index contributed by atoms with van der Waals surface area (Å²) in [4.78, 5) is 23.0. The van der Waals surface area contributed by atoms with E-state index in [-0.39, 0.29) is 24.0 Å². The molecule has 116 valence electrons. The van der Waals surface area contributed by atoms with Gasteiger partial charge in [-0.3, -0.25) is 14.9 Å². The van der Waals surface area contributed by atoms with Crippen molar-refractivity contribution in [2.24, 2.45) is 0 Å². The lowest BCUT2D eigenvalue weighted by Crippen LogP contribution is -2.36. The Balaban J connectivity index is 3.32. The zero-order valence-corrected chi connectivity index (χ0v) is 12.3. The van der Waals surface area contributed by atoms with Crippen molar-refractivity contribution in [3.8, 4) is 5.75 Å². The molecule has 0 heterocycles. The number of carbonyl (C=O) groups is 1. The number of halogens is 1. The standard InChI is InChI=1S/C13H17FN2O5/c1-8(2)15(7-13(17)21-4)10-6-12(20-3)11(16(18)19)5-9(10)14/h5-6,8H,7H2,1-4H3. The third-order valence-corrected chi connectivity index (χ3v) is 2.90. The molecule has 1 rings (SSSR count). The van der Waals surface area contributed by atoms with Crippen molar-refractivity contribution >= 4 is 17.3 Å². The smallest absolute Gasteiger partial charge is 0.325 e. The Morgan fingerprint density at radius 3 is 2.48 bits per heavy atom. The van der Waals surface area contributed by atoms with E-state index in [0.717, 1.165) is 6.07 Å². The molecule has 0 unspecified atom stereocenters. The SMILES string of the molecule is COC(=O)CN(c1cc(OC)c([N+](=O)[O-])cc1F)C(C)C. The van der Waals surface area contributed by atoms with Crippen LogP contribution in [0.2, 0.25) is 0 Å². The molecular weight excluding hydrogens is 283 g/mol. The molecule has 0 saturated carbocycles. The van der Waals surface area contributed by atoms with Crippen LogP contribution in [0.25, 0.3) is 0 Å². The quantitative estimate of drug-likeness (QED) is 0.455. The van der Waals surface area contributed by atoms with E-state index in [1.165, 1.54) is 25.2 Å². The number of hydrogen-bond donors (Lipinski definition) is 0. The number of carbonyl (C=O) groups excluding carboxylic acids is 1. The van der Waals surface area contributed by atoms with E-state index in [0.29, 0.717) is 0 Å². The van der Waals surface area contributed by atoms with Gasteiger partial charge in [-0.2, -0.15) is 0 Å². The Bertz CT molecular complexity index is 548. The highest BCUT2D eigenvalue weighted by atomic mass is 19.1. The highest BCUT2D eigenvalue weighted by Gasteiger charge is 2.24. The Hall–Kier alpha value is -2.38. The fraction of sp³-hybridized carbons (Fsp3) is 0.462. The van der Waals surface area contributed by atoms with E-state index in [1.807, 2.05) is 0 Å². The lowest BCUT2D eigenvalue weighted by Gasteiger charge is -2.28. The summed E-state index contributed by atoms with van der Waals surface area (Å²) in [5, 5.41) is 10.8. The van der Waals surface area contributed by atoms with Crippen LogP contribution in [0.1, 0.15) is 13.8 Å². The Morgan fingerprint density at radius 2 is 2.05 bits per heavy atom. The van der Waals surface area contributed by atoms with Crippen molar-refractivity contribution in [1.82, 2.24) is 0 Å². The van der Waals surface area contributed by atoms with Crippen molar-refractivity contribution in [3.05, 3.63) is 28.1 Å². The first kappa shape index (κ1) is 16.7. The van der Waals surface area contributed by atoms with Gasteiger partial charge in [0.1, 0.15) is 6.54 Å². The van der Waals surface area contributed by atoms with Crippen LogP contribution in [0.5, 0.6) is 5.75 Å². The van der Waals surface area contributed by atoms with E-state index in [2.05, 4.69) is 4.74 Å². The highest BCUT2D eigenvalue weighted by molar-refractivity contribution is 5.76. The summed E-state index contributed by atoms with van der Waals surface area (Å²) < 4.78 is 23.6. The Kier molecular flexibility index (Phi) is 5.45. The lowest BCUT2D eigenvalue weighted by atomic mass is 10.2. The Morgan fingerprint density at radius 1 is 1.43 bits per heavy atom. The van der Waals surface area contributed by atoms with Gasteiger partial charge in [-0.25, -0.2) is 4.39 Å². The minimum absolute atomic E-state index is 0.0397. The molecule has 0 bridgehead atoms. The summed E-state index contributed by atoms with van der Waals surface area (Å²) in [6.07, 6.45) is 0. The zero-order valence-electron chi connectivity index (χ0n) is 12.3. The van der Waals surface area contributed by atoms with Gasteiger partial charge in [-0.05, 0) is 13.8 Å². The predicted molar refractivity (Wildman–Crippen MR) is 74.1 cm³/mol. The number of benzene rings is 1. The van der Waals surface area contributed by atoms with Crippen LogP contribution in [-0.2, 0) is 9.53 Å². The molecule has 8 heteroatoms. The van der Waals surface area contributed by atoms with Gasteiger partial charge in [0.25, 0.3) is 0 Å². The minimum atomic E-state index is -0.805. The van der Waals surface area contributed by atoms with Gasteiger partial charge >= 0.3 is 11.7 Å². The summed E-state index contributed by atoms with van der Waals surface area (Å²) in [6, 6.07) is 1.77. The van der Waals surface area contributed by atoms with Crippen LogP contribution in [-0.4, -0.2) is 37.7 Å². The molecule has 0 N–H and O–H groups in total. The predicted octanol–water partition coefficient (Wildman–Crippen LogP) is 2.13. The maximum absolute atomic E-state index is 14.1. The van der Waals surface area contributed by atoms with Crippen molar-refractivity contribution in [2.45, 2.75) is 19.9 Å². The molecule has 0 spiro atoms. The number of esters is 1. The fourth-order valence-corrected chi connectivity index (χ4v) is 1.81. The van der Waals surface area contributed by atoms with Crippen LogP contribution in [0.3, 0.4) is 0 Å². The number of anilines is 1. The summed E-state index contributed by atoms with van der Waals surface area (Å²) in [6.45, 7) is 3.35. The number of nitro groups is 1. The van der Waals surface area contributed by atoms with Crippen LogP contribution >= 0.6 is 0 Å². The zero-order chi connectivity index (χ0) is 16.2. The number of ether oxygens (including phenoxy) is 2. The second-order valence-electron chi connectivity index (χ2n) is 4.53. The number of rotatable bonds is 6. The molecule has 0 aliphatic carbocycles. The van der Waals surface area contributed by atoms with Gasteiger partial charge in [0.05, 0.1) is 30.9 Å². The van der Waals surface area contributed by atoms with Gasteiger partial charge < -0.3 is 14.4 Å². The number of methoxy groups -OCH3 is 2. The molecule has 0 saturated heterocycles. The molecule has 0 aromatic heterocycles. The van der Waals surface area contributed by atoms with E-state index in [9.17, 15) is 19.3 Å². The second-order valence-corrected chi connectivity index (χ2v) is 4.53. The van der Waals surface area contributed by atoms with Gasteiger partial charge in [-0.15, -0.1) is 0 Å². The molecule has 0 aliphatic heterocycles. The molecule has 1 aromatic carbocycles. The van der Waals surface area contributed by atoms with E-state index < -0.39 is 22.4 Å². The Labute approximate surface area is 121 Å². The largest absolute Gasteiger partial charge is 0.490 e. The fourth-order valence-electron chi connectivity index (χ4n) is 1.81. The minimum Gasteiger partial charge on any atom is -0.490 e. The maximum Gasteiger partial charge on any atom is 0.325 e. The number of nitrogens with zero attached hydrogens (tertiary/aromatic N) is 2.